The molecule has 0 unspecified atom stereocenters. The van der Waals surface area contributed by atoms with Gasteiger partial charge < -0.3 is 9.88 Å². The van der Waals surface area contributed by atoms with Gasteiger partial charge >= 0.3 is 0 Å². The van der Waals surface area contributed by atoms with Crippen LogP contribution in [0.3, 0.4) is 0 Å². The molecule has 2 aliphatic heterocycles. The number of hydrogen-bond donors (Lipinski definition) is 2. The first kappa shape index (κ1) is 19.5. The number of nitrogens with one attached hydrogen (secondary N) is 2. The van der Waals surface area contributed by atoms with Crippen LogP contribution in [0.2, 0.25) is 0 Å². The second-order valence-electron chi connectivity index (χ2n) is 8.04. The average Bonchev–Trinajstić information content (AvgIpc) is 3.48. The van der Waals surface area contributed by atoms with Gasteiger partial charge in [-0.1, -0.05) is 0 Å². The monoisotopic (exact) mass is 430 g/mol. The van der Waals surface area contributed by atoms with Gasteiger partial charge in [0.15, 0.2) is 0 Å². The molecule has 10 nitrogen and oxygen atoms in total. The predicted molar refractivity (Wildman–Crippen MR) is 114 cm³/mol. The molecular formula is C19H26N8O2S. The smallest absolute Gasteiger partial charge is 0.279 e. The lowest BCUT2D eigenvalue weighted by Crippen LogP contribution is -2.49. The van der Waals surface area contributed by atoms with E-state index in [4.69, 9.17) is 0 Å². The van der Waals surface area contributed by atoms with Crippen molar-refractivity contribution < 1.29 is 8.42 Å². The van der Waals surface area contributed by atoms with Crippen molar-refractivity contribution in [2.24, 2.45) is 7.05 Å². The number of piperidine rings is 1. The molecular weight excluding hydrogens is 404 g/mol. The Morgan fingerprint density at radius 2 is 1.90 bits per heavy atom. The minimum absolute atomic E-state index is 0.0404. The summed E-state index contributed by atoms with van der Waals surface area (Å²) in [6.45, 7) is 2.74. The maximum Gasteiger partial charge on any atom is 0.279 e. The van der Waals surface area contributed by atoms with E-state index in [0.29, 0.717) is 13.1 Å². The zero-order valence-corrected chi connectivity index (χ0v) is 17.8. The molecule has 0 aliphatic carbocycles. The van der Waals surface area contributed by atoms with E-state index in [2.05, 4.69) is 35.7 Å². The molecule has 5 heterocycles. The van der Waals surface area contributed by atoms with Crippen LogP contribution in [0.1, 0.15) is 25.7 Å². The molecule has 2 N–H and O–H groups in total. The van der Waals surface area contributed by atoms with Gasteiger partial charge in [0.2, 0.25) is 0 Å². The van der Waals surface area contributed by atoms with Crippen LogP contribution in [0.4, 0.5) is 5.82 Å². The minimum atomic E-state index is -3.38. The SMILES string of the molecule is Cn1cc(-c2cc3c(N4CCC(NS(=O)(=O)N5CCCC5)CC4)ncnc3[nH]2)cn1. The summed E-state index contributed by atoms with van der Waals surface area (Å²) < 4.78 is 31.3. The van der Waals surface area contributed by atoms with Crippen LogP contribution in [0, 0.1) is 0 Å². The molecule has 0 amide bonds. The summed E-state index contributed by atoms with van der Waals surface area (Å²) in [6, 6.07) is 2.02. The van der Waals surface area contributed by atoms with Crippen molar-refractivity contribution in [2.75, 3.05) is 31.1 Å². The molecule has 0 aromatic carbocycles. The van der Waals surface area contributed by atoms with Gasteiger partial charge in [0.1, 0.15) is 17.8 Å². The first-order valence-corrected chi connectivity index (χ1v) is 11.8. The fraction of sp³-hybridized carbons (Fsp3) is 0.526. The second-order valence-corrected chi connectivity index (χ2v) is 9.74. The van der Waals surface area contributed by atoms with Gasteiger partial charge in [-0.05, 0) is 31.7 Å². The molecule has 30 heavy (non-hydrogen) atoms. The number of fused-ring (bicyclic) bond motifs is 1. The Labute approximate surface area is 175 Å². The maximum absolute atomic E-state index is 12.5. The summed E-state index contributed by atoms with van der Waals surface area (Å²) in [5.41, 5.74) is 2.74. The lowest BCUT2D eigenvalue weighted by molar-refractivity contribution is 0.421. The van der Waals surface area contributed by atoms with Crippen LogP contribution in [0.25, 0.3) is 22.3 Å². The van der Waals surface area contributed by atoms with E-state index in [-0.39, 0.29) is 6.04 Å². The number of H-pyrrole nitrogens is 1. The van der Waals surface area contributed by atoms with Gasteiger partial charge in [-0.25, -0.2) is 9.97 Å². The highest BCUT2D eigenvalue weighted by Crippen LogP contribution is 2.30. The van der Waals surface area contributed by atoms with Gasteiger partial charge in [-0.3, -0.25) is 4.68 Å². The fourth-order valence-electron chi connectivity index (χ4n) is 4.32. The lowest BCUT2D eigenvalue weighted by atomic mass is 10.1. The molecule has 11 heteroatoms. The third-order valence-electron chi connectivity index (χ3n) is 5.94. The van der Waals surface area contributed by atoms with Crippen LogP contribution in [-0.2, 0) is 17.3 Å². The normalized spacial score (nSPS) is 19.2. The van der Waals surface area contributed by atoms with Crippen LogP contribution in [0.5, 0.6) is 0 Å². The lowest BCUT2D eigenvalue weighted by Gasteiger charge is -2.33. The van der Waals surface area contributed by atoms with Crippen molar-refractivity contribution >= 4 is 27.1 Å². The van der Waals surface area contributed by atoms with Gasteiger partial charge in [0, 0.05) is 51.0 Å². The summed E-state index contributed by atoms with van der Waals surface area (Å²) in [5.74, 6) is 0.882. The van der Waals surface area contributed by atoms with Crippen molar-refractivity contribution in [1.82, 2.24) is 33.8 Å². The predicted octanol–water partition coefficient (Wildman–Crippen LogP) is 1.26. The number of aromatic amines is 1. The van der Waals surface area contributed by atoms with Crippen molar-refractivity contribution in [1.29, 1.82) is 0 Å². The third kappa shape index (κ3) is 3.68. The van der Waals surface area contributed by atoms with E-state index < -0.39 is 10.2 Å². The molecule has 0 spiro atoms. The van der Waals surface area contributed by atoms with E-state index in [1.54, 1.807) is 15.3 Å². The van der Waals surface area contributed by atoms with E-state index in [1.165, 1.54) is 0 Å². The Balaban J connectivity index is 1.30. The summed E-state index contributed by atoms with van der Waals surface area (Å²) in [5, 5.41) is 5.20. The average molecular weight is 431 g/mol. The quantitative estimate of drug-likeness (QED) is 0.630. The molecule has 5 rings (SSSR count). The number of hydrogen-bond acceptors (Lipinski definition) is 6. The van der Waals surface area contributed by atoms with Crippen LogP contribution in [0.15, 0.2) is 24.8 Å². The van der Waals surface area contributed by atoms with E-state index >= 15 is 0 Å². The van der Waals surface area contributed by atoms with Crippen molar-refractivity contribution in [3.8, 4) is 11.3 Å². The molecule has 2 fully saturated rings. The molecule has 2 saturated heterocycles. The van der Waals surface area contributed by atoms with E-state index in [1.807, 2.05) is 19.4 Å². The Hall–Kier alpha value is -2.50. The number of aryl methyl sites for hydroxylation is 1. The van der Waals surface area contributed by atoms with Crippen LogP contribution >= 0.6 is 0 Å². The molecule has 0 saturated carbocycles. The molecule has 3 aromatic heterocycles. The largest absolute Gasteiger partial charge is 0.356 e. The second kappa shape index (κ2) is 7.64. The Morgan fingerprint density at radius 1 is 1.13 bits per heavy atom. The summed E-state index contributed by atoms with van der Waals surface area (Å²) in [7, 11) is -1.49. The van der Waals surface area contributed by atoms with Crippen LogP contribution < -0.4 is 9.62 Å². The zero-order valence-electron chi connectivity index (χ0n) is 17.0. The van der Waals surface area contributed by atoms with E-state index in [0.717, 1.165) is 66.9 Å². The zero-order chi connectivity index (χ0) is 20.7. The highest BCUT2D eigenvalue weighted by molar-refractivity contribution is 7.87. The minimum Gasteiger partial charge on any atom is -0.356 e. The molecule has 0 radical (unpaired) electrons. The molecule has 0 atom stereocenters. The first-order chi connectivity index (χ1) is 14.5. The van der Waals surface area contributed by atoms with Gasteiger partial charge in [-0.2, -0.15) is 22.5 Å². The topological polar surface area (TPSA) is 112 Å². The van der Waals surface area contributed by atoms with Gasteiger partial charge in [0.05, 0.1) is 17.3 Å². The maximum atomic E-state index is 12.5. The Bertz CT molecular complexity index is 1140. The van der Waals surface area contributed by atoms with E-state index in [9.17, 15) is 8.42 Å². The Morgan fingerprint density at radius 3 is 2.60 bits per heavy atom. The number of rotatable bonds is 5. The number of aromatic nitrogens is 5. The fourth-order valence-corrected chi connectivity index (χ4v) is 5.86. The van der Waals surface area contributed by atoms with Gasteiger partial charge in [0.25, 0.3) is 10.2 Å². The standard InChI is InChI=1S/C19H26N8O2S/c1-25-12-14(11-22-25)17-10-16-18(23-17)20-13-21-19(16)26-8-4-15(5-9-26)24-30(28,29)27-6-2-3-7-27/h10-13,15,24H,2-9H2,1H3,(H,20,21,23). The van der Waals surface area contributed by atoms with Crippen LogP contribution in [-0.4, -0.2) is 69.7 Å². The molecule has 3 aromatic rings. The molecule has 2 aliphatic rings. The highest BCUT2D eigenvalue weighted by atomic mass is 32.2. The molecule has 0 bridgehead atoms. The number of anilines is 1. The summed E-state index contributed by atoms with van der Waals surface area (Å²) in [4.78, 5) is 14.5. The number of nitrogens with zero attached hydrogens (tertiary/aromatic N) is 6. The summed E-state index contributed by atoms with van der Waals surface area (Å²) in [6.07, 6.45) is 8.73. The van der Waals surface area contributed by atoms with Crippen molar-refractivity contribution in [2.45, 2.75) is 31.7 Å². The summed E-state index contributed by atoms with van der Waals surface area (Å²) >= 11 is 0. The van der Waals surface area contributed by atoms with Crippen molar-refractivity contribution in [3.63, 3.8) is 0 Å². The highest BCUT2D eigenvalue weighted by Gasteiger charge is 2.30. The Kier molecular flexibility index (Phi) is 4.95. The molecule has 160 valence electrons. The van der Waals surface area contributed by atoms with Gasteiger partial charge in [-0.15, -0.1) is 0 Å². The third-order valence-corrected chi connectivity index (χ3v) is 7.61. The van der Waals surface area contributed by atoms with Crippen molar-refractivity contribution in [3.05, 3.63) is 24.8 Å². The first-order valence-electron chi connectivity index (χ1n) is 10.3.